The maximum absolute atomic E-state index is 12.8. The zero-order valence-electron chi connectivity index (χ0n) is 11.7. The van der Waals surface area contributed by atoms with E-state index in [1.54, 1.807) is 42.5 Å². The Morgan fingerprint density at radius 2 is 1.64 bits per heavy atom. The second-order valence-electron chi connectivity index (χ2n) is 4.60. The minimum atomic E-state index is -3.98. The summed E-state index contributed by atoms with van der Waals surface area (Å²) in [5, 5.41) is 9.25. The van der Waals surface area contributed by atoms with E-state index in [0.29, 0.717) is 5.69 Å². The van der Waals surface area contributed by atoms with E-state index in [1.807, 2.05) is 0 Å². The van der Waals surface area contributed by atoms with Gasteiger partial charge in [0.1, 0.15) is 6.04 Å². The fourth-order valence-corrected chi connectivity index (χ4v) is 3.84. The largest absolute Gasteiger partial charge is 0.480 e. The van der Waals surface area contributed by atoms with E-state index in [2.05, 4.69) is 15.9 Å². The van der Waals surface area contributed by atoms with Crippen LogP contribution in [0.4, 0.5) is 5.69 Å². The molecule has 0 aliphatic heterocycles. The molecular formula is C15H14BrNO4S. The lowest BCUT2D eigenvalue weighted by Gasteiger charge is -2.28. The van der Waals surface area contributed by atoms with E-state index in [9.17, 15) is 18.3 Å². The molecule has 1 atom stereocenters. The zero-order chi connectivity index (χ0) is 16.3. The molecule has 2 rings (SSSR count). The van der Waals surface area contributed by atoms with Crippen LogP contribution in [0, 0.1) is 0 Å². The Labute approximate surface area is 137 Å². The molecule has 0 saturated heterocycles. The van der Waals surface area contributed by atoms with Gasteiger partial charge in [0.2, 0.25) is 0 Å². The van der Waals surface area contributed by atoms with E-state index >= 15 is 0 Å². The maximum atomic E-state index is 12.8. The summed E-state index contributed by atoms with van der Waals surface area (Å²) in [4.78, 5) is 11.4. The van der Waals surface area contributed by atoms with Crippen LogP contribution in [0.15, 0.2) is 64.0 Å². The summed E-state index contributed by atoms with van der Waals surface area (Å²) in [5.74, 6) is -1.22. The van der Waals surface area contributed by atoms with Crippen LogP contribution < -0.4 is 4.31 Å². The summed E-state index contributed by atoms with van der Waals surface area (Å²) in [6.45, 7) is 1.34. The molecule has 0 radical (unpaired) electrons. The summed E-state index contributed by atoms with van der Waals surface area (Å²) in [6.07, 6.45) is 0. The summed E-state index contributed by atoms with van der Waals surface area (Å²) in [7, 11) is -3.98. The van der Waals surface area contributed by atoms with Crippen molar-refractivity contribution in [2.75, 3.05) is 4.31 Å². The first-order chi connectivity index (χ1) is 10.3. The van der Waals surface area contributed by atoms with Crippen molar-refractivity contribution in [2.24, 2.45) is 0 Å². The number of carboxylic acids is 1. The molecule has 0 fully saturated rings. The van der Waals surface area contributed by atoms with Crippen molar-refractivity contribution in [1.29, 1.82) is 0 Å². The molecule has 0 aliphatic rings. The maximum Gasteiger partial charge on any atom is 0.327 e. The third-order valence-electron chi connectivity index (χ3n) is 3.09. The van der Waals surface area contributed by atoms with Crippen LogP contribution in [0.25, 0.3) is 0 Å². The van der Waals surface area contributed by atoms with Crippen molar-refractivity contribution in [2.45, 2.75) is 17.9 Å². The van der Waals surface area contributed by atoms with Gasteiger partial charge >= 0.3 is 5.97 Å². The average Bonchev–Trinajstić information content (AvgIpc) is 2.48. The number of para-hydroxylation sites is 1. The highest BCUT2D eigenvalue weighted by molar-refractivity contribution is 9.10. The molecule has 0 bridgehead atoms. The van der Waals surface area contributed by atoms with E-state index in [-0.39, 0.29) is 4.90 Å². The van der Waals surface area contributed by atoms with Gasteiger partial charge in [0, 0.05) is 4.47 Å². The Balaban J connectivity index is 2.58. The first kappa shape index (κ1) is 16.5. The van der Waals surface area contributed by atoms with Crippen LogP contribution in [0.3, 0.4) is 0 Å². The van der Waals surface area contributed by atoms with Crippen LogP contribution in [0.1, 0.15) is 6.92 Å². The molecule has 0 saturated carbocycles. The predicted molar refractivity (Wildman–Crippen MR) is 87.3 cm³/mol. The highest BCUT2D eigenvalue weighted by atomic mass is 79.9. The summed E-state index contributed by atoms with van der Waals surface area (Å²) < 4.78 is 27.3. The van der Waals surface area contributed by atoms with Gasteiger partial charge in [0.05, 0.1) is 10.6 Å². The second kappa shape index (κ2) is 6.50. The minimum absolute atomic E-state index is 0.0349. The third-order valence-corrected chi connectivity index (χ3v) is 5.53. The molecule has 2 aromatic rings. The van der Waals surface area contributed by atoms with Crippen molar-refractivity contribution in [3.05, 3.63) is 59.1 Å². The van der Waals surface area contributed by atoms with Gasteiger partial charge in [-0.3, -0.25) is 4.31 Å². The molecule has 0 spiro atoms. The number of anilines is 1. The molecule has 22 heavy (non-hydrogen) atoms. The molecule has 7 heteroatoms. The monoisotopic (exact) mass is 383 g/mol. The SMILES string of the molecule is CC(C(=O)O)N(c1ccccc1)S(=O)(=O)c1ccc(Br)cc1. The Bertz CT molecular complexity index is 760. The van der Waals surface area contributed by atoms with Crippen LogP contribution >= 0.6 is 15.9 Å². The smallest absolute Gasteiger partial charge is 0.327 e. The Hall–Kier alpha value is -1.86. The van der Waals surface area contributed by atoms with Gasteiger partial charge in [-0.25, -0.2) is 13.2 Å². The average molecular weight is 384 g/mol. The number of sulfonamides is 1. The standard InChI is InChI=1S/C15H14BrNO4S/c1-11(15(18)19)17(13-5-3-2-4-6-13)22(20,21)14-9-7-12(16)8-10-14/h2-11H,1H3,(H,18,19). The normalized spacial score (nSPS) is 12.6. The number of benzene rings is 2. The summed E-state index contributed by atoms with van der Waals surface area (Å²) >= 11 is 3.24. The molecular weight excluding hydrogens is 370 g/mol. The lowest BCUT2D eigenvalue weighted by atomic mass is 10.2. The number of nitrogens with zero attached hydrogens (tertiary/aromatic N) is 1. The quantitative estimate of drug-likeness (QED) is 0.860. The number of aliphatic carboxylic acids is 1. The fraction of sp³-hybridized carbons (Fsp3) is 0.133. The molecule has 2 aromatic carbocycles. The molecule has 0 heterocycles. The predicted octanol–water partition coefficient (Wildman–Crippen LogP) is 3.12. The van der Waals surface area contributed by atoms with Gasteiger partial charge in [-0.05, 0) is 43.3 Å². The number of hydrogen-bond acceptors (Lipinski definition) is 3. The summed E-state index contributed by atoms with van der Waals surface area (Å²) in [5.41, 5.74) is 0.306. The van der Waals surface area contributed by atoms with Crippen LogP contribution in [-0.4, -0.2) is 25.5 Å². The van der Waals surface area contributed by atoms with Gasteiger partial charge in [-0.15, -0.1) is 0 Å². The highest BCUT2D eigenvalue weighted by Crippen LogP contribution is 2.27. The molecule has 0 amide bonds. The Morgan fingerprint density at radius 1 is 1.09 bits per heavy atom. The first-order valence-corrected chi connectivity index (χ1v) is 8.65. The lowest BCUT2D eigenvalue weighted by Crippen LogP contribution is -2.43. The molecule has 5 nitrogen and oxygen atoms in total. The van der Waals surface area contributed by atoms with Crippen molar-refractivity contribution in [3.63, 3.8) is 0 Å². The van der Waals surface area contributed by atoms with E-state index in [0.717, 1.165) is 8.78 Å². The van der Waals surface area contributed by atoms with Gasteiger partial charge in [0.25, 0.3) is 10.0 Å². The Kier molecular flexibility index (Phi) is 4.87. The van der Waals surface area contributed by atoms with E-state index < -0.39 is 22.0 Å². The molecule has 1 N–H and O–H groups in total. The lowest BCUT2D eigenvalue weighted by molar-refractivity contribution is -0.137. The minimum Gasteiger partial charge on any atom is -0.480 e. The topological polar surface area (TPSA) is 74.7 Å². The number of rotatable bonds is 5. The molecule has 1 unspecified atom stereocenters. The number of hydrogen-bond donors (Lipinski definition) is 1. The van der Waals surface area contributed by atoms with Gasteiger partial charge in [-0.2, -0.15) is 0 Å². The van der Waals surface area contributed by atoms with Crippen molar-refractivity contribution < 1.29 is 18.3 Å². The number of halogens is 1. The zero-order valence-corrected chi connectivity index (χ0v) is 14.1. The molecule has 0 aliphatic carbocycles. The van der Waals surface area contributed by atoms with E-state index in [1.165, 1.54) is 19.1 Å². The second-order valence-corrected chi connectivity index (χ2v) is 7.34. The van der Waals surface area contributed by atoms with Gasteiger partial charge in [-0.1, -0.05) is 34.1 Å². The number of carboxylic acid groups (broad SMARTS) is 1. The molecule has 116 valence electrons. The van der Waals surface area contributed by atoms with E-state index in [4.69, 9.17) is 0 Å². The van der Waals surface area contributed by atoms with Crippen LogP contribution in [-0.2, 0) is 14.8 Å². The van der Waals surface area contributed by atoms with Gasteiger partial charge < -0.3 is 5.11 Å². The number of carbonyl (C=O) groups is 1. The van der Waals surface area contributed by atoms with Crippen molar-refractivity contribution in [3.8, 4) is 0 Å². The third kappa shape index (κ3) is 3.31. The van der Waals surface area contributed by atoms with Gasteiger partial charge in [0.15, 0.2) is 0 Å². The Morgan fingerprint density at radius 3 is 2.14 bits per heavy atom. The van der Waals surface area contributed by atoms with Crippen LogP contribution in [0.2, 0.25) is 0 Å². The first-order valence-electron chi connectivity index (χ1n) is 6.42. The van der Waals surface area contributed by atoms with Crippen molar-refractivity contribution in [1.82, 2.24) is 0 Å². The summed E-state index contributed by atoms with van der Waals surface area (Å²) in [6, 6.07) is 13.0. The highest BCUT2D eigenvalue weighted by Gasteiger charge is 2.33. The molecule has 0 aromatic heterocycles. The fourth-order valence-electron chi connectivity index (χ4n) is 1.97. The van der Waals surface area contributed by atoms with Crippen LogP contribution in [0.5, 0.6) is 0 Å². The van der Waals surface area contributed by atoms with Crippen molar-refractivity contribution >= 4 is 37.6 Å².